The second-order valence-corrected chi connectivity index (χ2v) is 8.57. The molecule has 3 heterocycles. The summed E-state index contributed by atoms with van der Waals surface area (Å²) in [6.45, 7) is 7.33. The molecule has 0 aliphatic carbocycles. The van der Waals surface area contributed by atoms with Gasteiger partial charge >= 0.3 is 0 Å². The number of aromatic nitrogens is 3. The highest BCUT2D eigenvalue weighted by molar-refractivity contribution is 6.30. The number of nitrogens with zero attached hydrogens (tertiary/aromatic N) is 5. The standard InChI is InChI=1S/C23H27ClFN7O/c1-14(26)9-21(27)29-22-11-17(13-31-5-7-33-8-6-31)23-28-15(2)20(32(23)30-22)10-16-3-4-18(24)12-19(16)25/h3-4,9,11-12H,5-8,10,13,26H2,1-2H3,(H2,27,29,30)/b14-9-. The molecule has 1 aliphatic heterocycles. The van der Waals surface area contributed by atoms with Gasteiger partial charge in [-0.25, -0.2) is 18.9 Å². The Morgan fingerprint density at radius 1 is 1.24 bits per heavy atom. The number of nitrogens with two attached hydrogens (primary N) is 2. The Morgan fingerprint density at radius 2 is 2.00 bits per heavy atom. The van der Waals surface area contributed by atoms with Gasteiger partial charge < -0.3 is 16.2 Å². The number of rotatable bonds is 6. The minimum atomic E-state index is -0.368. The monoisotopic (exact) mass is 471 g/mol. The quantitative estimate of drug-likeness (QED) is 0.422. The fraction of sp³-hybridized carbons (Fsp3) is 0.348. The van der Waals surface area contributed by atoms with Gasteiger partial charge in [-0.3, -0.25) is 4.90 Å². The lowest BCUT2D eigenvalue weighted by atomic mass is 10.1. The number of halogens is 2. The number of allylic oxidation sites excluding steroid dienone is 1. The van der Waals surface area contributed by atoms with Gasteiger partial charge in [0.1, 0.15) is 11.7 Å². The predicted octanol–water partition coefficient (Wildman–Crippen LogP) is 3.10. The number of amidine groups is 1. The van der Waals surface area contributed by atoms with E-state index < -0.39 is 0 Å². The van der Waals surface area contributed by atoms with Crippen molar-refractivity contribution in [1.82, 2.24) is 19.5 Å². The van der Waals surface area contributed by atoms with Crippen molar-refractivity contribution in [1.29, 1.82) is 0 Å². The highest BCUT2D eigenvalue weighted by atomic mass is 35.5. The molecular weight excluding hydrogens is 445 g/mol. The molecule has 4 N–H and O–H groups in total. The third-order valence-electron chi connectivity index (χ3n) is 5.43. The molecule has 4 rings (SSSR count). The molecule has 0 spiro atoms. The zero-order valence-corrected chi connectivity index (χ0v) is 19.4. The number of imidazole rings is 1. The highest BCUT2D eigenvalue weighted by Crippen LogP contribution is 2.25. The van der Waals surface area contributed by atoms with Crippen LogP contribution in [0.3, 0.4) is 0 Å². The van der Waals surface area contributed by atoms with Crippen LogP contribution in [-0.2, 0) is 17.7 Å². The van der Waals surface area contributed by atoms with Crippen molar-refractivity contribution in [3.63, 3.8) is 0 Å². The summed E-state index contributed by atoms with van der Waals surface area (Å²) in [6, 6.07) is 6.55. The first-order valence-electron chi connectivity index (χ1n) is 10.7. The first-order valence-corrected chi connectivity index (χ1v) is 11.1. The zero-order valence-electron chi connectivity index (χ0n) is 18.7. The molecule has 0 bridgehead atoms. The van der Waals surface area contributed by atoms with Crippen LogP contribution >= 0.6 is 11.6 Å². The van der Waals surface area contributed by atoms with Gasteiger partial charge in [0, 0.05) is 42.3 Å². The molecule has 0 atom stereocenters. The summed E-state index contributed by atoms with van der Waals surface area (Å²) in [5.41, 5.74) is 16.0. The van der Waals surface area contributed by atoms with Crippen molar-refractivity contribution in [3.05, 3.63) is 69.4 Å². The summed E-state index contributed by atoms with van der Waals surface area (Å²) in [5, 5.41) is 5.02. The van der Waals surface area contributed by atoms with E-state index in [0.717, 1.165) is 30.0 Å². The van der Waals surface area contributed by atoms with E-state index >= 15 is 0 Å². The molecule has 3 aromatic rings. The normalized spacial score (nSPS) is 16.0. The number of hydrogen-bond acceptors (Lipinski definition) is 6. The largest absolute Gasteiger partial charge is 0.402 e. The van der Waals surface area contributed by atoms with E-state index in [2.05, 4.69) is 15.0 Å². The van der Waals surface area contributed by atoms with Gasteiger partial charge in [0.2, 0.25) is 0 Å². The molecule has 10 heteroatoms. The van der Waals surface area contributed by atoms with E-state index in [-0.39, 0.29) is 11.7 Å². The molecule has 0 amide bonds. The number of benzene rings is 1. The predicted molar refractivity (Wildman–Crippen MR) is 127 cm³/mol. The summed E-state index contributed by atoms with van der Waals surface area (Å²) in [4.78, 5) is 11.5. The highest BCUT2D eigenvalue weighted by Gasteiger charge is 2.19. The molecule has 0 unspecified atom stereocenters. The summed E-state index contributed by atoms with van der Waals surface area (Å²) < 4.78 is 21.7. The summed E-state index contributed by atoms with van der Waals surface area (Å²) in [6.07, 6.45) is 1.89. The maximum atomic E-state index is 14.5. The smallest absolute Gasteiger partial charge is 0.175 e. The number of aryl methyl sites for hydroxylation is 1. The lowest BCUT2D eigenvalue weighted by Gasteiger charge is -2.26. The third kappa shape index (κ3) is 5.50. The Balaban J connectivity index is 1.81. The molecule has 1 fully saturated rings. The Hall–Kier alpha value is -3.01. The van der Waals surface area contributed by atoms with E-state index in [1.54, 1.807) is 29.6 Å². The molecule has 2 aromatic heterocycles. The Kier molecular flexibility index (Phi) is 6.92. The SMILES string of the molecule is C/C(N)=C/C(N)=Nc1cc(CN2CCOCC2)c2nc(C)c(Cc3ccc(Cl)cc3F)n2n1. The van der Waals surface area contributed by atoms with Crippen LogP contribution in [0.2, 0.25) is 5.02 Å². The van der Waals surface area contributed by atoms with E-state index in [1.165, 1.54) is 6.07 Å². The van der Waals surface area contributed by atoms with Crippen molar-refractivity contribution in [2.45, 2.75) is 26.8 Å². The number of morpholine rings is 1. The van der Waals surface area contributed by atoms with Crippen molar-refractivity contribution in [3.8, 4) is 0 Å². The number of ether oxygens (including phenoxy) is 1. The summed E-state index contributed by atoms with van der Waals surface area (Å²) in [7, 11) is 0. The number of aliphatic imine (C=N–C) groups is 1. The van der Waals surface area contributed by atoms with Crippen LogP contribution in [0.15, 0.2) is 41.0 Å². The average molecular weight is 472 g/mol. The van der Waals surface area contributed by atoms with E-state index in [1.807, 2.05) is 13.0 Å². The molecular formula is C23H27ClFN7O. The van der Waals surface area contributed by atoms with E-state index in [4.69, 9.17) is 32.8 Å². The molecule has 0 radical (unpaired) electrons. The van der Waals surface area contributed by atoms with Crippen molar-refractivity contribution in [2.24, 2.45) is 16.5 Å². The van der Waals surface area contributed by atoms with Crippen LogP contribution in [0.25, 0.3) is 5.65 Å². The first kappa shape index (κ1) is 23.2. The van der Waals surface area contributed by atoms with Gasteiger partial charge in [-0.1, -0.05) is 17.7 Å². The fourth-order valence-corrected chi connectivity index (χ4v) is 4.00. The van der Waals surface area contributed by atoms with Crippen LogP contribution in [0.1, 0.15) is 29.4 Å². The second kappa shape index (κ2) is 9.86. The van der Waals surface area contributed by atoms with Crippen molar-refractivity contribution in [2.75, 3.05) is 26.3 Å². The maximum absolute atomic E-state index is 14.5. The summed E-state index contributed by atoms with van der Waals surface area (Å²) >= 11 is 5.92. The Labute approximate surface area is 196 Å². The lowest BCUT2D eigenvalue weighted by Crippen LogP contribution is -2.35. The molecule has 174 valence electrons. The Morgan fingerprint density at radius 3 is 2.70 bits per heavy atom. The molecule has 8 nitrogen and oxygen atoms in total. The van der Waals surface area contributed by atoms with Crippen LogP contribution in [0, 0.1) is 12.7 Å². The van der Waals surface area contributed by atoms with Crippen LogP contribution in [-0.4, -0.2) is 51.6 Å². The van der Waals surface area contributed by atoms with E-state index in [0.29, 0.717) is 53.9 Å². The summed E-state index contributed by atoms with van der Waals surface area (Å²) in [5.74, 6) is 0.310. The van der Waals surface area contributed by atoms with Gasteiger partial charge in [-0.2, -0.15) is 0 Å². The molecule has 1 aliphatic rings. The van der Waals surface area contributed by atoms with Crippen molar-refractivity contribution < 1.29 is 9.13 Å². The van der Waals surface area contributed by atoms with Gasteiger partial charge in [-0.05, 0) is 43.7 Å². The van der Waals surface area contributed by atoms with Crippen LogP contribution < -0.4 is 11.5 Å². The first-order chi connectivity index (χ1) is 15.8. The zero-order chi connectivity index (χ0) is 23.5. The maximum Gasteiger partial charge on any atom is 0.175 e. The minimum Gasteiger partial charge on any atom is -0.402 e. The van der Waals surface area contributed by atoms with Gasteiger partial charge in [-0.15, -0.1) is 5.10 Å². The van der Waals surface area contributed by atoms with Crippen LogP contribution in [0.5, 0.6) is 0 Å². The average Bonchev–Trinajstić information content (AvgIpc) is 3.06. The van der Waals surface area contributed by atoms with Crippen LogP contribution in [0.4, 0.5) is 10.2 Å². The molecule has 0 saturated carbocycles. The van der Waals surface area contributed by atoms with Gasteiger partial charge in [0.05, 0.1) is 24.6 Å². The van der Waals surface area contributed by atoms with Gasteiger partial charge in [0.15, 0.2) is 11.5 Å². The molecule has 1 saturated heterocycles. The topological polar surface area (TPSA) is 107 Å². The van der Waals surface area contributed by atoms with E-state index in [9.17, 15) is 4.39 Å². The van der Waals surface area contributed by atoms with Crippen molar-refractivity contribution >= 4 is 28.9 Å². The fourth-order valence-electron chi connectivity index (χ4n) is 3.84. The van der Waals surface area contributed by atoms with Gasteiger partial charge in [0.25, 0.3) is 0 Å². The number of fused-ring (bicyclic) bond motifs is 1. The third-order valence-corrected chi connectivity index (χ3v) is 5.67. The minimum absolute atomic E-state index is 0.251. The second-order valence-electron chi connectivity index (χ2n) is 8.13. The lowest BCUT2D eigenvalue weighted by molar-refractivity contribution is 0.0343. The number of hydrogen-bond donors (Lipinski definition) is 2. The molecule has 1 aromatic carbocycles. The molecule has 33 heavy (non-hydrogen) atoms. The Bertz CT molecular complexity index is 1230.